The van der Waals surface area contributed by atoms with Gasteiger partial charge in [0.1, 0.15) is 0 Å². The first-order valence-corrected chi connectivity index (χ1v) is 9.68. The molecule has 1 heterocycles. The zero-order chi connectivity index (χ0) is 19.4. The number of rotatable bonds is 13. The van der Waals surface area contributed by atoms with Gasteiger partial charge in [-0.05, 0) is 32.1 Å². The van der Waals surface area contributed by atoms with E-state index in [4.69, 9.17) is 9.84 Å². The summed E-state index contributed by atoms with van der Waals surface area (Å²) in [6.45, 7) is 2.17. The van der Waals surface area contributed by atoms with Crippen LogP contribution in [-0.2, 0) is 9.53 Å². The molecule has 150 valence electrons. The van der Waals surface area contributed by atoms with Crippen molar-refractivity contribution >= 4 is 5.97 Å². The Morgan fingerprint density at radius 2 is 1.96 bits per heavy atom. The van der Waals surface area contributed by atoms with Gasteiger partial charge in [-0.2, -0.15) is 0 Å². The third-order valence-electron chi connectivity index (χ3n) is 4.56. The van der Waals surface area contributed by atoms with Gasteiger partial charge in [-0.15, -0.1) is 0 Å². The molecule has 0 unspecified atom stereocenters. The number of carboxylic acids is 1. The zero-order valence-corrected chi connectivity index (χ0v) is 15.7. The second-order valence-electron chi connectivity index (χ2n) is 6.95. The lowest BCUT2D eigenvalue weighted by Crippen LogP contribution is -2.24. The lowest BCUT2D eigenvalue weighted by Gasteiger charge is -2.16. The highest BCUT2D eigenvalue weighted by atomic mass is 16.5. The molecule has 0 bridgehead atoms. The molecule has 26 heavy (non-hydrogen) atoms. The van der Waals surface area contributed by atoms with E-state index in [1.165, 1.54) is 31.4 Å². The van der Waals surface area contributed by atoms with Gasteiger partial charge in [0.2, 0.25) is 0 Å². The molecule has 5 atom stereocenters. The highest BCUT2D eigenvalue weighted by Crippen LogP contribution is 2.26. The van der Waals surface area contributed by atoms with Crippen LogP contribution in [0, 0.1) is 0 Å². The first kappa shape index (κ1) is 22.8. The normalized spacial score (nSPS) is 25.9. The number of hydrogen-bond donors (Lipinski definition) is 4. The fourth-order valence-corrected chi connectivity index (χ4v) is 2.98. The van der Waals surface area contributed by atoms with E-state index < -0.39 is 30.4 Å². The van der Waals surface area contributed by atoms with Crippen LogP contribution in [0.15, 0.2) is 24.3 Å². The average Bonchev–Trinajstić information content (AvgIpc) is 2.96. The number of aliphatic hydroxyl groups is 3. The fraction of sp³-hybridized carbons (Fsp3) is 0.750. The number of carbonyl (C=O) groups is 1. The average molecular weight is 370 g/mol. The smallest absolute Gasteiger partial charge is 0.303 e. The monoisotopic (exact) mass is 370 g/mol. The maximum absolute atomic E-state index is 10.4. The molecule has 0 aromatic rings. The summed E-state index contributed by atoms with van der Waals surface area (Å²) < 4.78 is 5.75. The van der Waals surface area contributed by atoms with E-state index in [2.05, 4.69) is 13.0 Å². The van der Waals surface area contributed by atoms with Crippen LogP contribution in [0.1, 0.15) is 64.7 Å². The minimum absolute atomic E-state index is 0.0129. The third-order valence-corrected chi connectivity index (χ3v) is 4.56. The summed E-state index contributed by atoms with van der Waals surface area (Å²) in [6.07, 6.45) is 10.3. The quantitative estimate of drug-likeness (QED) is 0.293. The number of hydrogen-bond acceptors (Lipinski definition) is 5. The molecule has 6 nitrogen and oxygen atoms in total. The van der Waals surface area contributed by atoms with Gasteiger partial charge in [0, 0.05) is 12.8 Å². The highest BCUT2D eigenvalue weighted by Gasteiger charge is 2.36. The van der Waals surface area contributed by atoms with Crippen molar-refractivity contribution in [1.29, 1.82) is 0 Å². The molecule has 1 fully saturated rings. The summed E-state index contributed by atoms with van der Waals surface area (Å²) in [5.74, 6) is -0.889. The first-order chi connectivity index (χ1) is 12.4. The molecular weight excluding hydrogens is 336 g/mol. The van der Waals surface area contributed by atoms with Gasteiger partial charge in [-0.1, -0.05) is 44.1 Å². The summed E-state index contributed by atoms with van der Waals surface area (Å²) in [6, 6.07) is 0. The molecule has 1 aliphatic heterocycles. The second kappa shape index (κ2) is 13.0. The Bertz CT molecular complexity index is 448. The van der Waals surface area contributed by atoms with E-state index in [1.807, 2.05) is 6.08 Å². The van der Waals surface area contributed by atoms with Crippen LogP contribution in [0.25, 0.3) is 0 Å². The van der Waals surface area contributed by atoms with Crippen molar-refractivity contribution in [3.63, 3.8) is 0 Å². The van der Waals surface area contributed by atoms with Crippen molar-refractivity contribution in [2.75, 3.05) is 0 Å². The first-order valence-electron chi connectivity index (χ1n) is 9.68. The maximum atomic E-state index is 10.4. The van der Waals surface area contributed by atoms with Crippen molar-refractivity contribution in [2.45, 2.75) is 95.2 Å². The van der Waals surface area contributed by atoms with Crippen LogP contribution in [0.5, 0.6) is 0 Å². The van der Waals surface area contributed by atoms with Gasteiger partial charge < -0.3 is 25.2 Å². The number of aliphatic carboxylic acids is 1. The van der Waals surface area contributed by atoms with Crippen LogP contribution >= 0.6 is 0 Å². The molecule has 0 aliphatic carbocycles. The number of carboxylic acid groups (broad SMARTS) is 1. The SMILES string of the molecule is CCCCC/C=C\C[C@@H]1O[C@H]([C@@H](O)/C=C/[C@@H](O)CCCC(=O)O)C[C@@H]1O. The number of aliphatic hydroxyl groups excluding tert-OH is 3. The molecule has 4 N–H and O–H groups in total. The zero-order valence-electron chi connectivity index (χ0n) is 15.7. The molecule has 1 rings (SSSR count). The predicted octanol–water partition coefficient (Wildman–Crippen LogP) is 2.56. The molecule has 0 radical (unpaired) electrons. The van der Waals surface area contributed by atoms with Gasteiger partial charge in [0.25, 0.3) is 0 Å². The van der Waals surface area contributed by atoms with Crippen molar-refractivity contribution in [1.82, 2.24) is 0 Å². The van der Waals surface area contributed by atoms with Gasteiger partial charge in [-0.3, -0.25) is 4.79 Å². The molecule has 0 spiro atoms. The molecule has 0 saturated carbocycles. The summed E-state index contributed by atoms with van der Waals surface area (Å²) in [5, 5.41) is 38.6. The van der Waals surface area contributed by atoms with Crippen molar-refractivity contribution in [3.8, 4) is 0 Å². The Kier molecular flexibility index (Phi) is 11.4. The molecule has 1 aliphatic rings. The van der Waals surface area contributed by atoms with E-state index in [9.17, 15) is 20.1 Å². The van der Waals surface area contributed by atoms with Gasteiger partial charge in [0.15, 0.2) is 0 Å². The predicted molar refractivity (Wildman–Crippen MR) is 99.8 cm³/mol. The van der Waals surface area contributed by atoms with E-state index in [-0.39, 0.29) is 12.5 Å². The molecule has 0 aromatic carbocycles. The Morgan fingerprint density at radius 1 is 1.19 bits per heavy atom. The molecule has 1 saturated heterocycles. The minimum Gasteiger partial charge on any atom is -0.481 e. The minimum atomic E-state index is -0.905. The lowest BCUT2D eigenvalue weighted by molar-refractivity contribution is -0.137. The second-order valence-corrected chi connectivity index (χ2v) is 6.95. The van der Waals surface area contributed by atoms with E-state index in [0.717, 1.165) is 6.42 Å². The number of unbranched alkanes of at least 4 members (excludes halogenated alkanes) is 3. The Hall–Kier alpha value is -1.21. The van der Waals surface area contributed by atoms with Crippen molar-refractivity contribution in [3.05, 3.63) is 24.3 Å². The number of ether oxygens (including phenoxy) is 1. The molecular formula is C20H34O6. The van der Waals surface area contributed by atoms with E-state index >= 15 is 0 Å². The summed E-state index contributed by atoms with van der Waals surface area (Å²) in [4.78, 5) is 10.4. The highest BCUT2D eigenvalue weighted by molar-refractivity contribution is 5.66. The largest absolute Gasteiger partial charge is 0.481 e. The fourth-order valence-electron chi connectivity index (χ4n) is 2.98. The Balaban J connectivity index is 2.31. The van der Waals surface area contributed by atoms with Crippen molar-refractivity contribution < 1.29 is 30.0 Å². The van der Waals surface area contributed by atoms with Crippen LogP contribution in [-0.4, -0.2) is 56.9 Å². The van der Waals surface area contributed by atoms with E-state index in [1.54, 1.807) is 0 Å². The topological polar surface area (TPSA) is 107 Å². The molecule has 0 amide bonds. The summed E-state index contributed by atoms with van der Waals surface area (Å²) in [7, 11) is 0. The van der Waals surface area contributed by atoms with Crippen LogP contribution in [0.2, 0.25) is 0 Å². The molecule has 0 aromatic heterocycles. The van der Waals surface area contributed by atoms with Crippen LogP contribution in [0.4, 0.5) is 0 Å². The Labute approximate surface area is 156 Å². The standard InChI is InChI=1S/C20H34O6/c1-2-3-4-5-6-7-10-18-17(23)14-19(26-18)16(22)13-12-15(21)9-8-11-20(24)25/h6-7,12-13,15-19,21-23H,2-5,8-11,14H2,1H3,(H,24,25)/b7-6-,13-12+/t15-,16-,17-,18-,19-/m0/s1. The lowest BCUT2D eigenvalue weighted by atomic mass is 10.0. The Morgan fingerprint density at radius 3 is 2.65 bits per heavy atom. The number of allylic oxidation sites excluding steroid dienone is 1. The van der Waals surface area contributed by atoms with E-state index in [0.29, 0.717) is 25.7 Å². The maximum Gasteiger partial charge on any atom is 0.303 e. The van der Waals surface area contributed by atoms with Crippen LogP contribution in [0.3, 0.4) is 0 Å². The molecule has 6 heteroatoms. The van der Waals surface area contributed by atoms with Gasteiger partial charge in [0.05, 0.1) is 30.5 Å². The summed E-state index contributed by atoms with van der Waals surface area (Å²) >= 11 is 0. The van der Waals surface area contributed by atoms with Crippen LogP contribution < -0.4 is 0 Å². The third kappa shape index (κ3) is 9.48. The van der Waals surface area contributed by atoms with Gasteiger partial charge in [-0.25, -0.2) is 0 Å². The van der Waals surface area contributed by atoms with Crippen molar-refractivity contribution in [2.24, 2.45) is 0 Å². The summed E-state index contributed by atoms with van der Waals surface area (Å²) in [5.41, 5.74) is 0. The van der Waals surface area contributed by atoms with Gasteiger partial charge >= 0.3 is 5.97 Å².